The normalized spacial score (nSPS) is 15.9. The van der Waals surface area contributed by atoms with Crippen LogP contribution in [0.25, 0.3) is 32.8 Å². The molecule has 1 aromatic heterocycles. The number of aliphatic carboxylic acids is 1. The van der Waals surface area contributed by atoms with Gasteiger partial charge in [-0.2, -0.15) is 0 Å². The topological polar surface area (TPSA) is 53.4 Å². The number of likely N-dealkylation sites (tertiary alicyclic amines) is 1. The first-order valence-corrected chi connectivity index (χ1v) is 11.1. The van der Waals surface area contributed by atoms with Gasteiger partial charge in [-0.05, 0) is 39.8 Å². The second-order valence-corrected chi connectivity index (χ2v) is 8.70. The molecule has 4 aromatic rings. The van der Waals surface area contributed by atoms with Gasteiger partial charge < -0.3 is 5.11 Å². The zero-order chi connectivity index (χ0) is 23.0. The van der Waals surface area contributed by atoms with Crippen molar-refractivity contribution in [1.29, 1.82) is 0 Å². The second-order valence-electron chi connectivity index (χ2n) is 8.70. The van der Waals surface area contributed by atoms with Crippen LogP contribution in [0.1, 0.15) is 24.0 Å². The van der Waals surface area contributed by atoms with Crippen LogP contribution in [-0.4, -0.2) is 40.0 Å². The van der Waals surface area contributed by atoms with Gasteiger partial charge in [-0.3, -0.25) is 14.7 Å². The summed E-state index contributed by atoms with van der Waals surface area (Å²) in [5.74, 6) is -3.43. The summed E-state index contributed by atoms with van der Waals surface area (Å²) >= 11 is 0. The molecule has 3 aromatic carbocycles. The van der Waals surface area contributed by atoms with E-state index < -0.39 is 11.9 Å². The number of fused-ring (bicyclic) bond motifs is 2. The summed E-state index contributed by atoms with van der Waals surface area (Å²) in [5.41, 5.74) is 3.81. The summed E-state index contributed by atoms with van der Waals surface area (Å²) in [6.07, 6.45) is 2.22. The smallest absolute Gasteiger partial charge is 0.303 e. The predicted octanol–water partition coefficient (Wildman–Crippen LogP) is 5.91. The molecule has 1 aliphatic heterocycles. The lowest BCUT2D eigenvalue weighted by atomic mass is 9.93. The highest BCUT2D eigenvalue weighted by Crippen LogP contribution is 2.35. The molecule has 1 fully saturated rings. The minimum absolute atomic E-state index is 0.0781. The second kappa shape index (κ2) is 8.52. The van der Waals surface area contributed by atoms with Crippen LogP contribution in [0.2, 0.25) is 0 Å². The molecule has 4 nitrogen and oxygen atoms in total. The number of hydrogen-bond donors (Lipinski definition) is 1. The number of alkyl halides is 2. The number of aryl methyl sites for hydroxylation is 1. The maximum Gasteiger partial charge on any atom is 0.303 e. The molecule has 0 atom stereocenters. The standard InChI is InChI=1S/C27H24F2N2O2/c28-27(29)13-15-31(17-27)16-19-5-2-8-23-21(19)12-14-30-26(23)24-9-3-6-20-18(10-11-25(32)33)4-1-7-22(20)24/h1-9,12,14H,10-11,13,15-17H2,(H,32,33). The number of halogens is 2. The van der Waals surface area contributed by atoms with Gasteiger partial charge in [-0.25, -0.2) is 8.78 Å². The lowest BCUT2D eigenvalue weighted by Crippen LogP contribution is -2.24. The van der Waals surface area contributed by atoms with E-state index in [0.29, 0.717) is 19.5 Å². The van der Waals surface area contributed by atoms with E-state index in [1.165, 1.54) is 0 Å². The summed E-state index contributed by atoms with van der Waals surface area (Å²) in [6.45, 7) is 0.665. The van der Waals surface area contributed by atoms with Gasteiger partial charge in [0.15, 0.2) is 0 Å². The fourth-order valence-corrected chi connectivity index (χ4v) is 4.85. The molecular formula is C27H24F2N2O2. The highest BCUT2D eigenvalue weighted by atomic mass is 19.3. The van der Waals surface area contributed by atoms with E-state index in [9.17, 15) is 13.6 Å². The zero-order valence-corrected chi connectivity index (χ0v) is 18.1. The summed E-state index contributed by atoms with van der Waals surface area (Å²) in [4.78, 5) is 17.6. The van der Waals surface area contributed by atoms with Crippen molar-refractivity contribution in [3.63, 3.8) is 0 Å². The Morgan fingerprint density at radius 1 is 0.939 bits per heavy atom. The number of carbonyl (C=O) groups is 1. The van der Waals surface area contributed by atoms with E-state index in [4.69, 9.17) is 10.1 Å². The lowest BCUT2D eigenvalue weighted by molar-refractivity contribution is -0.136. The molecule has 6 heteroatoms. The van der Waals surface area contributed by atoms with Crippen LogP contribution in [-0.2, 0) is 17.8 Å². The average Bonchev–Trinajstić information content (AvgIpc) is 3.15. The lowest BCUT2D eigenvalue weighted by Gasteiger charge is -2.18. The van der Waals surface area contributed by atoms with Gasteiger partial charge >= 0.3 is 5.97 Å². The first kappa shape index (κ1) is 21.5. The third kappa shape index (κ3) is 4.31. The summed E-state index contributed by atoms with van der Waals surface area (Å²) in [6, 6.07) is 19.9. The molecule has 5 rings (SSSR count). The molecule has 0 aliphatic carbocycles. The Balaban J connectivity index is 1.58. The maximum atomic E-state index is 13.7. The molecule has 0 unspecified atom stereocenters. The van der Waals surface area contributed by atoms with Crippen molar-refractivity contribution in [2.45, 2.75) is 31.7 Å². The van der Waals surface area contributed by atoms with Crippen LogP contribution in [0, 0.1) is 0 Å². The molecule has 1 aliphatic rings. The first-order chi connectivity index (χ1) is 15.9. The number of benzene rings is 3. The number of pyridine rings is 1. The predicted molar refractivity (Wildman–Crippen MR) is 125 cm³/mol. The molecular weight excluding hydrogens is 422 g/mol. The maximum absolute atomic E-state index is 13.7. The van der Waals surface area contributed by atoms with Crippen molar-refractivity contribution in [3.8, 4) is 11.3 Å². The van der Waals surface area contributed by atoms with Crippen LogP contribution in [0.3, 0.4) is 0 Å². The van der Waals surface area contributed by atoms with Gasteiger partial charge in [0.25, 0.3) is 5.92 Å². The van der Waals surface area contributed by atoms with Crippen LogP contribution < -0.4 is 0 Å². The number of hydrogen-bond acceptors (Lipinski definition) is 3. The third-order valence-electron chi connectivity index (χ3n) is 6.41. The van der Waals surface area contributed by atoms with E-state index in [0.717, 1.165) is 43.9 Å². The van der Waals surface area contributed by atoms with Gasteiger partial charge in [0.2, 0.25) is 0 Å². The Morgan fingerprint density at radius 2 is 1.64 bits per heavy atom. The Kier molecular flexibility index (Phi) is 5.54. The Labute approximate surface area is 190 Å². The largest absolute Gasteiger partial charge is 0.481 e. The van der Waals surface area contributed by atoms with E-state index in [1.54, 1.807) is 6.20 Å². The van der Waals surface area contributed by atoms with Crippen LogP contribution in [0.5, 0.6) is 0 Å². The summed E-state index contributed by atoms with van der Waals surface area (Å²) in [7, 11) is 0. The monoisotopic (exact) mass is 446 g/mol. The molecule has 0 amide bonds. The Bertz CT molecular complexity index is 1350. The molecule has 168 valence electrons. The van der Waals surface area contributed by atoms with Crippen molar-refractivity contribution in [1.82, 2.24) is 9.88 Å². The fourth-order valence-electron chi connectivity index (χ4n) is 4.85. The fraction of sp³-hybridized carbons (Fsp3) is 0.259. The van der Waals surface area contributed by atoms with Gasteiger partial charge in [0.1, 0.15) is 0 Å². The number of nitrogens with zero attached hydrogens (tertiary/aromatic N) is 2. The minimum Gasteiger partial charge on any atom is -0.481 e. The van der Waals surface area contributed by atoms with Gasteiger partial charge in [0, 0.05) is 43.1 Å². The van der Waals surface area contributed by atoms with Gasteiger partial charge in [0.05, 0.1) is 12.2 Å². The van der Waals surface area contributed by atoms with E-state index in [2.05, 4.69) is 0 Å². The third-order valence-corrected chi connectivity index (χ3v) is 6.41. The van der Waals surface area contributed by atoms with E-state index in [-0.39, 0.29) is 19.4 Å². The van der Waals surface area contributed by atoms with Crippen LogP contribution in [0.15, 0.2) is 66.9 Å². The number of carboxylic acid groups (broad SMARTS) is 1. The number of carboxylic acids is 1. The highest BCUT2D eigenvalue weighted by molar-refractivity contribution is 6.05. The Hall–Kier alpha value is -3.38. The van der Waals surface area contributed by atoms with Crippen molar-refractivity contribution >= 4 is 27.5 Å². The number of aromatic nitrogens is 1. The molecule has 2 heterocycles. The quantitative estimate of drug-likeness (QED) is 0.400. The van der Waals surface area contributed by atoms with Gasteiger partial charge in [-0.1, -0.05) is 54.6 Å². The van der Waals surface area contributed by atoms with E-state index in [1.807, 2.05) is 65.6 Å². The molecule has 1 N–H and O–H groups in total. The SMILES string of the molecule is O=C(O)CCc1cccc2c(-c3nccc4c(CN5CCC(F)(F)C5)cccc34)cccc12. The molecule has 0 spiro atoms. The average molecular weight is 446 g/mol. The van der Waals surface area contributed by atoms with Crippen molar-refractivity contribution in [3.05, 3.63) is 78.0 Å². The first-order valence-electron chi connectivity index (χ1n) is 11.1. The molecule has 33 heavy (non-hydrogen) atoms. The van der Waals surface area contributed by atoms with E-state index >= 15 is 0 Å². The molecule has 0 saturated carbocycles. The highest BCUT2D eigenvalue weighted by Gasteiger charge is 2.38. The summed E-state index contributed by atoms with van der Waals surface area (Å²) in [5, 5.41) is 13.1. The van der Waals surface area contributed by atoms with Crippen LogP contribution >= 0.6 is 0 Å². The molecule has 0 bridgehead atoms. The molecule has 1 saturated heterocycles. The Morgan fingerprint density at radius 3 is 2.39 bits per heavy atom. The molecule has 0 radical (unpaired) electrons. The van der Waals surface area contributed by atoms with Crippen molar-refractivity contribution in [2.24, 2.45) is 0 Å². The summed E-state index contributed by atoms with van der Waals surface area (Å²) < 4.78 is 27.4. The van der Waals surface area contributed by atoms with Gasteiger partial charge in [-0.15, -0.1) is 0 Å². The van der Waals surface area contributed by atoms with Crippen molar-refractivity contribution < 1.29 is 18.7 Å². The number of rotatable bonds is 6. The van der Waals surface area contributed by atoms with Crippen molar-refractivity contribution in [2.75, 3.05) is 13.1 Å². The zero-order valence-electron chi connectivity index (χ0n) is 18.1. The van der Waals surface area contributed by atoms with Crippen LogP contribution in [0.4, 0.5) is 8.78 Å². The minimum atomic E-state index is -2.61.